The number of hydrogen-bond donors (Lipinski definition) is 2. The highest BCUT2D eigenvalue weighted by molar-refractivity contribution is 7.99. The molecular weight excluding hydrogens is 280 g/mol. The van der Waals surface area contributed by atoms with Crippen molar-refractivity contribution in [3.05, 3.63) is 33.9 Å². The molecule has 0 aromatic heterocycles. The molecule has 0 aliphatic carbocycles. The smallest absolute Gasteiger partial charge is 0.338 e. The molecule has 2 rings (SSSR count). The first kappa shape index (κ1) is 14.6. The SMILES string of the molecule is O=C(O)c1cc([N+](=O)[O-])ccc1NCC1CCSCC1. The number of hydrogen-bond acceptors (Lipinski definition) is 5. The van der Waals surface area contributed by atoms with Gasteiger partial charge in [-0.2, -0.15) is 11.8 Å². The summed E-state index contributed by atoms with van der Waals surface area (Å²) in [7, 11) is 0. The third-order valence-electron chi connectivity index (χ3n) is 3.37. The van der Waals surface area contributed by atoms with Crippen molar-refractivity contribution in [3.63, 3.8) is 0 Å². The molecule has 0 spiro atoms. The van der Waals surface area contributed by atoms with Crippen LogP contribution in [-0.2, 0) is 0 Å². The first-order valence-corrected chi connectivity index (χ1v) is 7.56. The molecule has 1 aliphatic heterocycles. The molecule has 1 aromatic carbocycles. The second-order valence-electron chi connectivity index (χ2n) is 4.73. The van der Waals surface area contributed by atoms with Gasteiger partial charge < -0.3 is 10.4 Å². The fourth-order valence-corrected chi connectivity index (χ4v) is 3.39. The van der Waals surface area contributed by atoms with Crippen LogP contribution in [0, 0.1) is 16.0 Å². The number of carboxylic acids is 1. The molecular formula is C13H16N2O4S. The van der Waals surface area contributed by atoms with E-state index in [9.17, 15) is 14.9 Å². The molecule has 0 radical (unpaired) electrons. The molecule has 0 amide bonds. The number of benzene rings is 1. The lowest BCUT2D eigenvalue weighted by Gasteiger charge is -2.22. The highest BCUT2D eigenvalue weighted by Gasteiger charge is 2.18. The van der Waals surface area contributed by atoms with Gasteiger partial charge in [-0.05, 0) is 36.3 Å². The lowest BCUT2D eigenvalue weighted by Crippen LogP contribution is -2.20. The van der Waals surface area contributed by atoms with Crippen LogP contribution in [0.3, 0.4) is 0 Å². The predicted octanol–water partition coefficient (Wildman–Crippen LogP) is 2.85. The molecule has 1 saturated heterocycles. The highest BCUT2D eigenvalue weighted by atomic mass is 32.2. The van der Waals surface area contributed by atoms with Crippen molar-refractivity contribution in [2.24, 2.45) is 5.92 Å². The molecule has 1 aliphatic rings. The van der Waals surface area contributed by atoms with E-state index in [-0.39, 0.29) is 11.3 Å². The molecule has 6 nitrogen and oxygen atoms in total. The largest absolute Gasteiger partial charge is 0.478 e. The van der Waals surface area contributed by atoms with Crippen LogP contribution >= 0.6 is 11.8 Å². The average molecular weight is 296 g/mol. The number of nitro benzene ring substituents is 1. The summed E-state index contributed by atoms with van der Waals surface area (Å²) in [5.41, 5.74) is 0.188. The molecule has 0 bridgehead atoms. The van der Waals surface area contributed by atoms with Crippen molar-refractivity contribution in [2.75, 3.05) is 23.4 Å². The van der Waals surface area contributed by atoms with Crippen LogP contribution in [0.25, 0.3) is 0 Å². The molecule has 0 atom stereocenters. The van der Waals surface area contributed by atoms with E-state index in [1.165, 1.54) is 12.1 Å². The van der Waals surface area contributed by atoms with E-state index < -0.39 is 10.9 Å². The van der Waals surface area contributed by atoms with E-state index in [0.29, 0.717) is 18.2 Å². The topological polar surface area (TPSA) is 92.5 Å². The molecule has 1 fully saturated rings. The van der Waals surface area contributed by atoms with Crippen LogP contribution in [0.4, 0.5) is 11.4 Å². The Hall–Kier alpha value is -1.76. The summed E-state index contributed by atoms with van der Waals surface area (Å²) in [5, 5.41) is 22.9. The van der Waals surface area contributed by atoms with Gasteiger partial charge in [0.15, 0.2) is 0 Å². The van der Waals surface area contributed by atoms with Gasteiger partial charge in [-0.25, -0.2) is 4.79 Å². The molecule has 0 unspecified atom stereocenters. The zero-order valence-corrected chi connectivity index (χ0v) is 11.7. The molecule has 2 N–H and O–H groups in total. The third-order valence-corrected chi connectivity index (χ3v) is 4.42. The summed E-state index contributed by atoms with van der Waals surface area (Å²) in [6.07, 6.45) is 2.24. The number of non-ortho nitro benzene ring substituents is 1. The van der Waals surface area contributed by atoms with Gasteiger partial charge in [0, 0.05) is 24.4 Å². The van der Waals surface area contributed by atoms with Gasteiger partial charge in [0.2, 0.25) is 0 Å². The summed E-state index contributed by atoms with van der Waals surface area (Å²) in [6, 6.07) is 3.89. The van der Waals surface area contributed by atoms with Crippen molar-refractivity contribution in [2.45, 2.75) is 12.8 Å². The normalized spacial score (nSPS) is 15.8. The number of nitro groups is 1. The molecule has 20 heavy (non-hydrogen) atoms. The van der Waals surface area contributed by atoms with Gasteiger partial charge in [-0.15, -0.1) is 0 Å². The van der Waals surface area contributed by atoms with Crippen LogP contribution in [0.15, 0.2) is 18.2 Å². The Bertz CT molecular complexity index is 515. The second-order valence-corrected chi connectivity index (χ2v) is 5.95. The minimum atomic E-state index is -1.16. The third kappa shape index (κ3) is 3.63. The zero-order valence-electron chi connectivity index (χ0n) is 10.9. The van der Waals surface area contributed by atoms with E-state index in [1.807, 2.05) is 11.8 Å². The maximum absolute atomic E-state index is 11.2. The number of carboxylic acid groups (broad SMARTS) is 1. The van der Waals surface area contributed by atoms with Gasteiger partial charge in [0.25, 0.3) is 5.69 Å². The Morgan fingerprint density at radius 1 is 1.45 bits per heavy atom. The minimum Gasteiger partial charge on any atom is -0.478 e. The number of nitrogens with zero attached hydrogens (tertiary/aromatic N) is 1. The van der Waals surface area contributed by atoms with E-state index in [1.54, 1.807) is 0 Å². The van der Waals surface area contributed by atoms with E-state index in [4.69, 9.17) is 5.11 Å². The van der Waals surface area contributed by atoms with Gasteiger partial charge in [0.05, 0.1) is 10.5 Å². The fraction of sp³-hybridized carbons (Fsp3) is 0.462. The molecule has 108 valence electrons. The highest BCUT2D eigenvalue weighted by Crippen LogP contribution is 2.25. The average Bonchev–Trinajstić information content (AvgIpc) is 2.45. The number of carbonyl (C=O) groups is 1. The van der Waals surface area contributed by atoms with Crippen LogP contribution in [-0.4, -0.2) is 34.0 Å². The predicted molar refractivity (Wildman–Crippen MR) is 78.6 cm³/mol. The van der Waals surface area contributed by atoms with E-state index >= 15 is 0 Å². The van der Waals surface area contributed by atoms with Crippen LogP contribution in [0.5, 0.6) is 0 Å². The summed E-state index contributed by atoms with van der Waals surface area (Å²) < 4.78 is 0. The van der Waals surface area contributed by atoms with Gasteiger partial charge in [-0.3, -0.25) is 10.1 Å². The fourth-order valence-electron chi connectivity index (χ4n) is 2.18. The van der Waals surface area contributed by atoms with Crippen molar-refractivity contribution in [3.8, 4) is 0 Å². The summed E-state index contributed by atoms with van der Waals surface area (Å²) >= 11 is 1.94. The number of aromatic carboxylic acids is 1. The first-order chi connectivity index (χ1) is 9.58. The zero-order chi connectivity index (χ0) is 14.5. The Labute approximate surface area is 120 Å². The molecule has 1 aromatic rings. The lowest BCUT2D eigenvalue weighted by molar-refractivity contribution is -0.384. The van der Waals surface area contributed by atoms with Crippen LogP contribution in [0.2, 0.25) is 0 Å². The van der Waals surface area contributed by atoms with Gasteiger partial charge >= 0.3 is 5.97 Å². The monoisotopic (exact) mass is 296 g/mol. The van der Waals surface area contributed by atoms with Gasteiger partial charge in [-0.1, -0.05) is 0 Å². The second kappa shape index (κ2) is 6.60. The lowest BCUT2D eigenvalue weighted by atomic mass is 10.0. The van der Waals surface area contributed by atoms with E-state index in [0.717, 1.165) is 30.4 Å². The molecule has 7 heteroatoms. The maximum Gasteiger partial charge on any atom is 0.338 e. The van der Waals surface area contributed by atoms with Crippen molar-refractivity contribution in [1.82, 2.24) is 0 Å². The Kier molecular flexibility index (Phi) is 4.84. The number of rotatable bonds is 5. The summed E-state index contributed by atoms with van der Waals surface area (Å²) in [4.78, 5) is 21.3. The Morgan fingerprint density at radius 3 is 2.75 bits per heavy atom. The molecule has 0 saturated carbocycles. The number of anilines is 1. The number of thioether (sulfide) groups is 1. The standard InChI is InChI=1S/C13H16N2O4S/c16-13(17)11-7-10(15(18)19)1-2-12(11)14-8-9-3-5-20-6-4-9/h1-2,7,9,14H,3-6,8H2,(H,16,17). The van der Waals surface area contributed by atoms with Crippen molar-refractivity contribution in [1.29, 1.82) is 0 Å². The van der Waals surface area contributed by atoms with Crippen LogP contribution in [0.1, 0.15) is 23.2 Å². The summed E-state index contributed by atoms with van der Waals surface area (Å²) in [6.45, 7) is 0.707. The van der Waals surface area contributed by atoms with Crippen molar-refractivity contribution < 1.29 is 14.8 Å². The quantitative estimate of drug-likeness (QED) is 0.641. The van der Waals surface area contributed by atoms with Crippen LogP contribution < -0.4 is 5.32 Å². The van der Waals surface area contributed by atoms with Gasteiger partial charge in [0.1, 0.15) is 0 Å². The Morgan fingerprint density at radius 2 is 2.15 bits per heavy atom. The Balaban J connectivity index is 2.09. The number of nitrogens with one attached hydrogen (secondary N) is 1. The molecule has 1 heterocycles. The first-order valence-electron chi connectivity index (χ1n) is 6.41. The van der Waals surface area contributed by atoms with Crippen molar-refractivity contribution >= 4 is 29.1 Å². The van der Waals surface area contributed by atoms with E-state index in [2.05, 4.69) is 5.32 Å². The minimum absolute atomic E-state index is 0.0515. The maximum atomic E-state index is 11.2. The summed E-state index contributed by atoms with van der Waals surface area (Å²) in [5.74, 6) is 1.65.